The highest BCUT2D eigenvalue weighted by atomic mass is 16.4. The smallest absolute Gasteiger partial charge is 0.336 e. The minimum atomic E-state index is -0.363. The fourth-order valence-corrected chi connectivity index (χ4v) is 3.92. The van der Waals surface area contributed by atoms with Gasteiger partial charge in [-0.1, -0.05) is 6.92 Å². The van der Waals surface area contributed by atoms with Crippen LogP contribution in [0.1, 0.15) is 49.3 Å². The van der Waals surface area contributed by atoms with Crippen LogP contribution in [0.2, 0.25) is 0 Å². The highest BCUT2D eigenvalue weighted by molar-refractivity contribution is 5.85. The predicted molar refractivity (Wildman–Crippen MR) is 91.1 cm³/mol. The molecule has 2 atom stereocenters. The predicted octanol–water partition coefficient (Wildman–Crippen LogP) is 2.46. The van der Waals surface area contributed by atoms with Gasteiger partial charge in [0.05, 0.1) is 12.6 Å². The lowest BCUT2D eigenvalue weighted by atomic mass is 9.97. The number of rotatable bonds is 3. The zero-order chi connectivity index (χ0) is 16.6. The molecule has 3 rings (SSSR count). The van der Waals surface area contributed by atoms with Gasteiger partial charge in [-0.3, -0.25) is 0 Å². The van der Waals surface area contributed by atoms with Gasteiger partial charge in [-0.05, 0) is 51.2 Å². The van der Waals surface area contributed by atoms with Crippen molar-refractivity contribution in [3.05, 3.63) is 39.2 Å². The number of phenols is 1. The molecule has 1 aliphatic rings. The van der Waals surface area contributed by atoms with Crippen molar-refractivity contribution >= 4 is 11.0 Å². The first-order valence-electron chi connectivity index (χ1n) is 8.61. The molecule has 1 aromatic carbocycles. The average Bonchev–Trinajstić information content (AvgIpc) is 2.54. The van der Waals surface area contributed by atoms with Gasteiger partial charge in [0.2, 0.25) is 0 Å². The van der Waals surface area contributed by atoms with Crippen molar-refractivity contribution in [2.24, 2.45) is 0 Å². The van der Waals surface area contributed by atoms with E-state index in [1.165, 1.54) is 31.7 Å². The molecule has 2 aromatic rings. The Kier molecular flexibility index (Phi) is 4.44. The molecule has 1 aliphatic heterocycles. The Balaban J connectivity index is 2.04. The van der Waals surface area contributed by atoms with Crippen LogP contribution in [-0.2, 0) is 6.54 Å². The van der Waals surface area contributed by atoms with Crippen LogP contribution in [0.15, 0.2) is 21.3 Å². The lowest BCUT2D eigenvalue weighted by Crippen LogP contribution is -3.15. The van der Waals surface area contributed by atoms with Crippen LogP contribution in [0.4, 0.5) is 0 Å². The molecule has 0 spiro atoms. The van der Waals surface area contributed by atoms with Gasteiger partial charge < -0.3 is 14.4 Å². The van der Waals surface area contributed by atoms with Crippen LogP contribution in [0.3, 0.4) is 0 Å². The molecule has 0 aliphatic carbocycles. The molecule has 124 valence electrons. The highest BCUT2D eigenvalue weighted by Gasteiger charge is 2.26. The van der Waals surface area contributed by atoms with Crippen LogP contribution >= 0.6 is 0 Å². The fourth-order valence-electron chi connectivity index (χ4n) is 3.92. The molecule has 4 nitrogen and oxygen atoms in total. The van der Waals surface area contributed by atoms with Gasteiger partial charge >= 0.3 is 5.63 Å². The van der Waals surface area contributed by atoms with Crippen LogP contribution in [0.25, 0.3) is 11.0 Å². The van der Waals surface area contributed by atoms with Crippen molar-refractivity contribution in [1.29, 1.82) is 0 Å². The van der Waals surface area contributed by atoms with Crippen LogP contribution in [-0.4, -0.2) is 17.7 Å². The Morgan fingerprint density at radius 2 is 2.09 bits per heavy atom. The molecule has 1 saturated heterocycles. The molecular weight excluding hydrogens is 290 g/mol. The van der Waals surface area contributed by atoms with Gasteiger partial charge in [-0.25, -0.2) is 4.79 Å². The molecule has 23 heavy (non-hydrogen) atoms. The van der Waals surface area contributed by atoms with Crippen molar-refractivity contribution in [3.8, 4) is 5.75 Å². The summed E-state index contributed by atoms with van der Waals surface area (Å²) in [5, 5.41) is 11.5. The van der Waals surface area contributed by atoms with Crippen LogP contribution in [0, 0.1) is 13.8 Å². The molecule has 0 saturated carbocycles. The molecule has 1 aromatic heterocycles. The maximum atomic E-state index is 11.6. The molecule has 0 bridgehead atoms. The van der Waals surface area contributed by atoms with E-state index < -0.39 is 0 Å². The third-order valence-corrected chi connectivity index (χ3v) is 5.31. The second-order valence-corrected chi connectivity index (χ2v) is 6.82. The first-order valence-corrected chi connectivity index (χ1v) is 8.61. The SMILES string of the molecule is CC[C@H]1CCCC[NH+]1Cc1cc2c(C)cc(=O)oc2c(C)c1O. The standard InChI is InChI=1S/C19H25NO3/c1-4-15-7-5-6-8-20(15)11-14-10-16-12(2)9-17(21)23-19(16)13(3)18(14)22/h9-10,15,22H,4-8,11H2,1-3H3/p+1/t15-/m0/s1. The number of aromatic hydroxyl groups is 1. The Hall–Kier alpha value is -1.81. The molecule has 1 unspecified atom stereocenters. The second-order valence-electron chi connectivity index (χ2n) is 6.82. The summed E-state index contributed by atoms with van der Waals surface area (Å²) in [6.07, 6.45) is 5.02. The number of fused-ring (bicyclic) bond motifs is 1. The van der Waals surface area contributed by atoms with Crippen molar-refractivity contribution < 1.29 is 14.4 Å². The summed E-state index contributed by atoms with van der Waals surface area (Å²) in [6.45, 7) is 7.99. The lowest BCUT2D eigenvalue weighted by Gasteiger charge is -2.32. The second kappa shape index (κ2) is 6.36. The zero-order valence-electron chi connectivity index (χ0n) is 14.2. The van der Waals surface area contributed by atoms with Crippen molar-refractivity contribution in [2.45, 2.75) is 59.0 Å². The van der Waals surface area contributed by atoms with E-state index in [-0.39, 0.29) is 11.4 Å². The number of aryl methyl sites for hydroxylation is 2. The summed E-state index contributed by atoms with van der Waals surface area (Å²) < 4.78 is 5.32. The fraction of sp³-hybridized carbons (Fsp3) is 0.526. The van der Waals surface area contributed by atoms with E-state index in [1.54, 1.807) is 4.90 Å². The molecular formula is C19H26NO3+. The monoisotopic (exact) mass is 316 g/mol. The van der Waals surface area contributed by atoms with Gasteiger partial charge in [-0.15, -0.1) is 0 Å². The molecule has 0 radical (unpaired) electrons. The van der Waals surface area contributed by atoms with E-state index in [4.69, 9.17) is 4.42 Å². The van der Waals surface area contributed by atoms with E-state index >= 15 is 0 Å². The molecule has 2 heterocycles. The van der Waals surface area contributed by atoms with E-state index in [0.717, 1.165) is 29.6 Å². The summed E-state index contributed by atoms with van der Waals surface area (Å²) in [7, 11) is 0. The van der Waals surface area contributed by atoms with Gasteiger partial charge in [0.1, 0.15) is 17.9 Å². The van der Waals surface area contributed by atoms with E-state index in [0.29, 0.717) is 17.2 Å². The summed E-state index contributed by atoms with van der Waals surface area (Å²) in [6, 6.07) is 4.20. The number of phenolic OH excluding ortho intramolecular Hbond substituents is 1. The molecule has 4 heteroatoms. The zero-order valence-corrected chi connectivity index (χ0v) is 14.2. The summed E-state index contributed by atoms with van der Waals surface area (Å²) in [4.78, 5) is 13.2. The number of nitrogens with one attached hydrogen (secondary N) is 1. The Bertz CT molecular complexity index is 778. The maximum Gasteiger partial charge on any atom is 0.336 e. The largest absolute Gasteiger partial charge is 0.507 e. The summed E-state index contributed by atoms with van der Waals surface area (Å²) in [5.41, 5.74) is 2.68. The summed E-state index contributed by atoms with van der Waals surface area (Å²) in [5.74, 6) is 0.277. The topological polar surface area (TPSA) is 54.9 Å². The Morgan fingerprint density at radius 1 is 1.30 bits per heavy atom. The quantitative estimate of drug-likeness (QED) is 0.855. The van der Waals surface area contributed by atoms with Crippen molar-refractivity contribution in [1.82, 2.24) is 0 Å². The molecule has 1 fully saturated rings. The van der Waals surface area contributed by atoms with E-state index in [1.807, 2.05) is 19.9 Å². The van der Waals surface area contributed by atoms with Gasteiger partial charge in [0.25, 0.3) is 0 Å². The third-order valence-electron chi connectivity index (χ3n) is 5.31. The number of hydrogen-bond acceptors (Lipinski definition) is 3. The van der Waals surface area contributed by atoms with Crippen molar-refractivity contribution in [2.75, 3.05) is 6.54 Å². The minimum Gasteiger partial charge on any atom is -0.507 e. The van der Waals surface area contributed by atoms with Gasteiger partial charge in [-0.2, -0.15) is 0 Å². The van der Waals surface area contributed by atoms with E-state index in [9.17, 15) is 9.90 Å². The molecule has 2 N–H and O–H groups in total. The van der Waals surface area contributed by atoms with Crippen molar-refractivity contribution in [3.63, 3.8) is 0 Å². The van der Waals surface area contributed by atoms with Gasteiger partial charge in [0.15, 0.2) is 0 Å². The highest BCUT2D eigenvalue weighted by Crippen LogP contribution is 2.31. The number of likely N-dealkylation sites (tertiary alicyclic amines) is 1. The maximum absolute atomic E-state index is 11.6. The first-order chi connectivity index (χ1) is 11.0. The van der Waals surface area contributed by atoms with Crippen LogP contribution < -0.4 is 10.5 Å². The van der Waals surface area contributed by atoms with Crippen LogP contribution in [0.5, 0.6) is 5.75 Å². The van der Waals surface area contributed by atoms with E-state index in [2.05, 4.69) is 6.92 Å². The molecule has 0 amide bonds. The number of benzene rings is 1. The average molecular weight is 316 g/mol. The number of quaternary nitrogens is 1. The summed E-state index contributed by atoms with van der Waals surface area (Å²) >= 11 is 0. The van der Waals surface area contributed by atoms with Gasteiger partial charge in [0, 0.05) is 22.6 Å². The normalized spacial score (nSPS) is 21.7. The third kappa shape index (κ3) is 3.00. The first kappa shape index (κ1) is 16.1. The number of hydrogen-bond donors (Lipinski definition) is 2. The lowest BCUT2D eigenvalue weighted by molar-refractivity contribution is -0.944. The Labute approximate surface area is 136 Å². The Morgan fingerprint density at radius 3 is 2.83 bits per heavy atom. The number of piperidine rings is 1. The minimum absolute atomic E-state index is 0.277.